The monoisotopic (exact) mass is 296 g/mol. The van der Waals surface area contributed by atoms with Crippen LogP contribution in [0, 0.1) is 11.6 Å². The summed E-state index contributed by atoms with van der Waals surface area (Å²) in [7, 11) is 1.60. The van der Waals surface area contributed by atoms with Gasteiger partial charge in [0.25, 0.3) is 0 Å². The van der Waals surface area contributed by atoms with E-state index in [2.05, 4.69) is 20.3 Å². The molecule has 0 aliphatic heterocycles. The van der Waals surface area contributed by atoms with Crippen molar-refractivity contribution in [2.24, 2.45) is 0 Å². The van der Waals surface area contributed by atoms with E-state index in [-0.39, 0.29) is 23.7 Å². The quantitative estimate of drug-likeness (QED) is 0.884. The molecule has 2 aromatic rings. The maximum absolute atomic E-state index is 13.5. The molecule has 1 heterocycles. The van der Waals surface area contributed by atoms with Crippen LogP contribution in [0.3, 0.4) is 0 Å². The van der Waals surface area contributed by atoms with Gasteiger partial charge in [0.15, 0.2) is 11.6 Å². The van der Waals surface area contributed by atoms with Crippen LogP contribution in [0.4, 0.5) is 14.7 Å². The first-order valence-corrected chi connectivity index (χ1v) is 6.32. The second kappa shape index (κ2) is 6.78. The van der Waals surface area contributed by atoms with Crippen LogP contribution in [0.1, 0.15) is 13.3 Å². The summed E-state index contributed by atoms with van der Waals surface area (Å²) in [6.45, 7) is 2.35. The summed E-state index contributed by atoms with van der Waals surface area (Å²) in [6.07, 6.45) is 0.773. The van der Waals surface area contributed by atoms with Crippen LogP contribution < -0.4 is 14.8 Å². The Labute approximate surface area is 120 Å². The van der Waals surface area contributed by atoms with Crippen molar-refractivity contribution in [2.75, 3.05) is 19.0 Å². The van der Waals surface area contributed by atoms with Gasteiger partial charge in [0.05, 0.1) is 6.61 Å². The van der Waals surface area contributed by atoms with E-state index in [9.17, 15) is 8.78 Å². The summed E-state index contributed by atoms with van der Waals surface area (Å²) in [5.74, 6) is -1.47. The van der Waals surface area contributed by atoms with Gasteiger partial charge in [-0.2, -0.15) is 9.97 Å². The first kappa shape index (κ1) is 14.9. The molecule has 1 aromatic carbocycles. The molecule has 0 bridgehead atoms. The first-order valence-electron chi connectivity index (χ1n) is 6.32. The van der Waals surface area contributed by atoms with Crippen molar-refractivity contribution >= 4 is 5.95 Å². The van der Waals surface area contributed by atoms with Crippen molar-refractivity contribution in [3.8, 4) is 17.8 Å². The Bertz CT molecular complexity index is 625. The smallest absolute Gasteiger partial charge is 0.330 e. The molecule has 8 heteroatoms. The normalized spacial score (nSPS) is 10.3. The molecule has 0 saturated heterocycles. The summed E-state index contributed by atoms with van der Waals surface area (Å²) >= 11 is 0. The Morgan fingerprint density at radius 1 is 1.14 bits per heavy atom. The van der Waals surface area contributed by atoms with Gasteiger partial charge in [0, 0.05) is 13.1 Å². The molecule has 6 nitrogen and oxygen atoms in total. The highest BCUT2D eigenvalue weighted by Crippen LogP contribution is 2.24. The van der Waals surface area contributed by atoms with Crippen molar-refractivity contribution < 1.29 is 18.3 Å². The molecule has 0 aliphatic rings. The zero-order valence-corrected chi connectivity index (χ0v) is 11.6. The summed E-state index contributed by atoms with van der Waals surface area (Å²) < 4.78 is 37.1. The zero-order valence-electron chi connectivity index (χ0n) is 11.6. The van der Waals surface area contributed by atoms with E-state index in [1.165, 1.54) is 0 Å². The number of rotatable bonds is 6. The molecule has 21 heavy (non-hydrogen) atoms. The molecule has 0 saturated carbocycles. The number of aromatic nitrogens is 3. The summed E-state index contributed by atoms with van der Waals surface area (Å²) in [5, 5.41) is 2.71. The molecule has 0 atom stereocenters. The molecular weight excluding hydrogens is 282 g/mol. The number of nitrogens with one attached hydrogen (secondary N) is 1. The van der Waals surface area contributed by atoms with Gasteiger partial charge < -0.3 is 14.8 Å². The summed E-state index contributed by atoms with van der Waals surface area (Å²) in [6, 6.07) is 2.71. The Kier molecular flexibility index (Phi) is 4.81. The second-order valence-corrected chi connectivity index (χ2v) is 4.00. The lowest BCUT2D eigenvalue weighted by Crippen LogP contribution is -2.06. The Morgan fingerprint density at radius 2 is 1.90 bits per heavy atom. The van der Waals surface area contributed by atoms with Crippen LogP contribution >= 0.6 is 0 Å². The van der Waals surface area contributed by atoms with Crippen molar-refractivity contribution in [3.05, 3.63) is 29.8 Å². The molecule has 2 rings (SSSR count). The van der Waals surface area contributed by atoms with Crippen molar-refractivity contribution in [2.45, 2.75) is 13.3 Å². The van der Waals surface area contributed by atoms with Gasteiger partial charge in [0.2, 0.25) is 5.95 Å². The van der Waals surface area contributed by atoms with Crippen LogP contribution in [0.2, 0.25) is 0 Å². The molecule has 1 N–H and O–H groups in total. The SMILES string of the molecule is CCCOc1nc(NC)nc(Oc2cc(F)ccc2F)n1. The lowest BCUT2D eigenvalue weighted by molar-refractivity contribution is 0.284. The summed E-state index contributed by atoms with van der Waals surface area (Å²) in [4.78, 5) is 11.8. The standard InChI is InChI=1S/C13H14F2N4O2/c1-3-6-20-12-17-11(16-2)18-13(19-12)21-10-7-8(14)4-5-9(10)15/h4-5,7H,3,6H2,1-2H3,(H,16,17,18,19). The van der Waals surface area contributed by atoms with Gasteiger partial charge in [0.1, 0.15) is 5.82 Å². The highest BCUT2D eigenvalue weighted by atomic mass is 19.1. The molecule has 0 amide bonds. The van der Waals surface area contributed by atoms with Gasteiger partial charge in [-0.15, -0.1) is 4.98 Å². The Hall–Kier alpha value is -2.51. The number of hydrogen-bond acceptors (Lipinski definition) is 6. The lowest BCUT2D eigenvalue weighted by Gasteiger charge is -2.08. The molecule has 0 fully saturated rings. The largest absolute Gasteiger partial charge is 0.463 e. The fourth-order valence-corrected chi connectivity index (χ4v) is 1.41. The van der Waals surface area contributed by atoms with E-state index >= 15 is 0 Å². The summed E-state index contributed by atoms with van der Waals surface area (Å²) in [5.41, 5.74) is 0. The van der Waals surface area contributed by atoms with Crippen LogP contribution in [0.15, 0.2) is 18.2 Å². The fourth-order valence-electron chi connectivity index (χ4n) is 1.41. The predicted molar refractivity (Wildman–Crippen MR) is 71.6 cm³/mol. The van der Waals surface area contributed by atoms with E-state index in [1.54, 1.807) is 7.05 Å². The van der Waals surface area contributed by atoms with Gasteiger partial charge in [-0.25, -0.2) is 8.78 Å². The van der Waals surface area contributed by atoms with Crippen molar-refractivity contribution in [1.29, 1.82) is 0 Å². The van der Waals surface area contributed by atoms with Crippen LogP contribution in [-0.4, -0.2) is 28.6 Å². The number of anilines is 1. The number of hydrogen-bond donors (Lipinski definition) is 1. The van der Waals surface area contributed by atoms with Gasteiger partial charge in [-0.1, -0.05) is 6.92 Å². The minimum absolute atomic E-state index is 0.0445. The molecule has 0 radical (unpaired) electrons. The highest BCUT2D eigenvalue weighted by molar-refractivity contribution is 5.31. The van der Waals surface area contributed by atoms with Crippen LogP contribution in [0.25, 0.3) is 0 Å². The van der Waals surface area contributed by atoms with E-state index in [4.69, 9.17) is 9.47 Å². The first-order chi connectivity index (χ1) is 10.1. The van der Waals surface area contributed by atoms with Crippen molar-refractivity contribution in [3.63, 3.8) is 0 Å². The van der Waals surface area contributed by atoms with E-state index in [0.29, 0.717) is 6.61 Å². The molecule has 0 aliphatic carbocycles. The van der Waals surface area contributed by atoms with E-state index in [0.717, 1.165) is 24.6 Å². The fraction of sp³-hybridized carbons (Fsp3) is 0.308. The number of halogens is 2. The highest BCUT2D eigenvalue weighted by Gasteiger charge is 2.12. The average molecular weight is 296 g/mol. The number of nitrogens with zero attached hydrogens (tertiary/aromatic N) is 3. The average Bonchev–Trinajstić information content (AvgIpc) is 2.48. The van der Waals surface area contributed by atoms with Crippen LogP contribution in [-0.2, 0) is 0 Å². The Morgan fingerprint density at radius 3 is 2.62 bits per heavy atom. The number of ether oxygens (including phenoxy) is 2. The van der Waals surface area contributed by atoms with Crippen LogP contribution in [0.5, 0.6) is 17.8 Å². The molecular formula is C13H14F2N4O2. The molecule has 0 unspecified atom stereocenters. The predicted octanol–water partition coefficient (Wildman–Crippen LogP) is 2.77. The minimum atomic E-state index is -0.723. The second-order valence-electron chi connectivity index (χ2n) is 4.00. The topological polar surface area (TPSA) is 69.2 Å². The van der Waals surface area contributed by atoms with Gasteiger partial charge in [-0.05, 0) is 18.6 Å². The Balaban J connectivity index is 2.27. The molecule has 1 aromatic heterocycles. The zero-order chi connectivity index (χ0) is 15.2. The van der Waals surface area contributed by atoms with Gasteiger partial charge in [-0.3, -0.25) is 0 Å². The van der Waals surface area contributed by atoms with E-state index < -0.39 is 11.6 Å². The molecule has 112 valence electrons. The third-order valence-corrected chi connectivity index (χ3v) is 2.35. The number of benzene rings is 1. The maximum Gasteiger partial charge on any atom is 0.330 e. The minimum Gasteiger partial charge on any atom is -0.463 e. The van der Waals surface area contributed by atoms with Crippen molar-refractivity contribution in [1.82, 2.24) is 15.0 Å². The maximum atomic E-state index is 13.5. The lowest BCUT2D eigenvalue weighted by atomic mass is 10.3. The molecule has 0 spiro atoms. The van der Waals surface area contributed by atoms with Gasteiger partial charge >= 0.3 is 12.0 Å². The third kappa shape index (κ3) is 3.98. The van der Waals surface area contributed by atoms with E-state index in [1.807, 2.05) is 6.92 Å². The third-order valence-electron chi connectivity index (χ3n) is 2.35.